The van der Waals surface area contributed by atoms with Crippen LogP contribution in [0.2, 0.25) is 0 Å². The Bertz CT molecular complexity index is 904. The molecule has 0 aliphatic carbocycles. The fourth-order valence-electron chi connectivity index (χ4n) is 3.44. The molecule has 9 nitrogen and oxygen atoms in total. The van der Waals surface area contributed by atoms with Crippen LogP contribution in [0.15, 0.2) is 48.7 Å². The number of rotatable bonds is 7. The van der Waals surface area contributed by atoms with Crippen molar-refractivity contribution in [2.24, 2.45) is 0 Å². The number of para-hydroxylation sites is 1. The van der Waals surface area contributed by atoms with E-state index in [0.29, 0.717) is 37.5 Å². The molecule has 32 heavy (non-hydrogen) atoms. The van der Waals surface area contributed by atoms with Crippen LogP contribution < -0.4 is 15.5 Å². The van der Waals surface area contributed by atoms with Gasteiger partial charge in [0.1, 0.15) is 5.82 Å². The smallest absolute Gasteiger partial charge is 0.339 e. The lowest BCUT2D eigenvalue weighted by atomic mass is 10.2. The van der Waals surface area contributed by atoms with Crippen LogP contribution >= 0.6 is 0 Å². The van der Waals surface area contributed by atoms with Crippen molar-refractivity contribution in [3.63, 3.8) is 0 Å². The highest BCUT2D eigenvalue weighted by Gasteiger charge is 2.20. The zero-order valence-electron chi connectivity index (χ0n) is 18.3. The second-order valence-electron chi connectivity index (χ2n) is 7.34. The Morgan fingerprint density at radius 1 is 1.03 bits per heavy atom. The molecule has 9 heteroatoms. The molecule has 3 rings (SSSR count). The zero-order valence-corrected chi connectivity index (χ0v) is 18.3. The van der Waals surface area contributed by atoms with Gasteiger partial charge in [-0.1, -0.05) is 18.2 Å². The number of nitrogens with zero attached hydrogens (tertiary/aromatic N) is 3. The molecule has 1 aliphatic heterocycles. The number of hydrogen-bond acceptors (Lipinski definition) is 6. The number of benzene rings is 1. The van der Waals surface area contributed by atoms with E-state index in [1.54, 1.807) is 31.2 Å². The number of hydrogen-bond donors (Lipinski definition) is 2. The second kappa shape index (κ2) is 11.7. The van der Waals surface area contributed by atoms with Crippen LogP contribution in [0.1, 0.15) is 30.1 Å². The Kier molecular flexibility index (Phi) is 8.42. The van der Waals surface area contributed by atoms with Gasteiger partial charge in [-0.3, -0.25) is 4.79 Å². The maximum atomic E-state index is 12.6. The van der Waals surface area contributed by atoms with Gasteiger partial charge in [-0.25, -0.2) is 14.6 Å². The predicted molar refractivity (Wildman–Crippen MR) is 122 cm³/mol. The van der Waals surface area contributed by atoms with Crippen LogP contribution in [0, 0.1) is 0 Å². The van der Waals surface area contributed by atoms with E-state index in [4.69, 9.17) is 4.74 Å². The third-order valence-corrected chi connectivity index (χ3v) is 5.09. The molecule has 0 spiro atoms. The summed E-state index contributed by atoms with van der Waals surface area (Å²) in [6, 6.07) is 12.3. The Morgan fingerprint density at radius 2 is 1.84 bits per heavy atom. The highest BCUT2D eigenvalue weighted by Crippen LogP contribution is 2.15. The first-order valence-electron chi connectivity index (χ1n) is 10.8. The van der Waals surface area contributed by atoms with E-state index in [-0.39, 0.29) is 30.9 Å². The van der Waals surface area contributed by atoms with Crippen molar-refractivity contribution in [3.8, 4) is 0 Å². The number of pyridine rings is 1. The average molecular weight is 440 g/mol. The van der Waals surface area contributed by atoms with Crippen molar-refractivity contribution in [1.29, 1.82) is 0 Å². The van der Waals surface area contributed by atoms with Crippen LogP contribution in [0.4, 0.5) is 16.3 Å². The molecule has 1 aromatic carbocycles. The minimum Gasteiger partial charge on any atom is -0.462 e. The number of nitrogens with one attached hydrogen (secondary N) is 2. The summed E-state index contributed by atoms with van der Waals surface area (Å²) >= 11 is 0. The van der Waals surface area contributed by atoms with E-state index in [2.05, 4.69) is 20.5 Å². The molecule has 2 aromatic rings. The summed E-state index contributed by atoms with van der Waals surface area (Å²) in [6.45, 7) is 5.02. The predicted octanol–water partition coefficient (Wildman–Crippen LogP) is 2.51. The highest BCUT2D eigenvalue weighted by molar-refractivity contribution is 5.90. The van der Waals surface area contributed by atoms with E-state index >= 15 is 0 Å². The van der Waals surface area contributed by atoms with Crippen molar-refractivity contribution < 1.29 is 19.1 Å². The number of carbonyl (C=O) groups is 3. The number of esters is 1. The molecular weight excluding hydrogens is 410 g/mol. The lowest BCUT2D eigenvalue weighted by molar-refractivity contribution is -0.130. The molecule has 0 unspecified atom stereocenters. The lowest BCUT2D eigenvalue weighted by Gasteiger charge is -2.23. The largest absolute Gasteiger partial charge is 0.462 e. The van der Waals surface area contributed by atoms with Gasteiger partial charge >= 0.3 is 12.0 Å². The topological polar surface area (TPSA) is 104 Å². The van der Waals surface area contributed by atoms with Crippen LogP contribution in [-0.4, -0.2) is 67.1 Å². The van der Waals surface area contributed by atoms with Crippen molar-refractivity contribution in [3.05, 3.63) is 54.2 Å². The molecule has 0 bridgehead atoms. The molecule has 1 aliphatic rings. The van der Waals surface area contributed by atoms with Gasteiger partial charge in [0, 0.05) is 51.0 Å². The first-order valence-corrected chi connectivity index (χ1v) is 10.8. The summed E-state index contributed by atoms with van der Waals surface area (Å²) in [5.74, 6) is 0.398. The third-order valence-electron chi connectivity index (χ3n) is 5.09. The van der Waals surface area contributed by atoms with Gasteiger partial charge in [0.15, 0.2) is 0 Å². The van der Waals surface area contributed by atoms with E-state index in [9.17, 15) is 14.4 Å². The molecule has 170 valence electrons. The Labute approximate surface area is 187 Å². The molecule has 1 saturated heterocycles. The summed E-state index contributed by atoms with van der Waals surface area (Å²) in [6.07, 6.45) is 2.58. The van der Waals surface area contributed by atoms with E-state index in [1.165, 1.54) is 6.20 Å². The lowest BCUT2D eigenvalue weighted by Crippen LogP contribution is -2.38. The monoisotopic (exact) mass is 439 g/mol. The normalized spacial score (nSPS) is 13.8. The van der Waals surface area contributed by atoms with Crippen molar-refractivity contribution in [2.75, 3.05) is 49.5 Å². The second-order valence-corrected chi connectivity index (χ2v) is 7.34. The molecular formula is C23H29N5O4. The maximum absolute atomic E-state index is 12.6. The molecule has 0 saturated carbocycles. The van der Waals surface area contributed by atoms with Crippen LogP contribution in [0.25, 0.3) is 0 Å². The average Bonchev–Trinajstić information content (AvgIpc) is 3.06. The summed E-state index contributed by atoms with van der Waals surface area (Å²) < 4.78 is 4.98. The fraction of sp³-hybridized carbons (Fsp3) is 0.391. The standard InChI is InChI=1S/C23H29N5O4/c1-2-32-22(30)18-9-10-20(25-17-18)27-13-6-14-28(16-15-27)21(29)11-12-24-23(31)26-19-7-4-3-5-8-19/h3-5,7-10,17H,2,6,11-16H2,1H3,(H2,24,26,31). The molecule has 2 heterocycles. The van der Waals surface area contributed by atoms with Gasteiger partial charge in [0.2, 0.25) is 5.91 Å². The van der Waals surface area contributed by atoms with Crippen molar-refractivity contribution >= 4 is 29.4 Å². The van der Waals surface area contributed by atoms with Gasteiger partial charge in [-0.2, -0.15) is 0 Å². The van der Waals surface area contributed by atoms with Gasteiger partial charge < -0.3 is 25.2 Å². The van der Waals surface area contributed by atoms with Crippen LogP contribution in [-0.2, 0) is 9.53 Å². The summed E-state index contributed by atoms with van der Waals surface area (Å²) in [5, 5.41) is 5.45. The van der Waals surface area contributed by atoms with Crippen molar-refractivity contribution in [1.82, 2.24) is 15.2 Å². The zero-order chi connectivity index (χ0) is 22.8. The molecule has 3 amide bonds. The SMILES string of the molecule is CCOC(=O)c1ccc(N2CCCN(C(=O)CCNC(=O)Nc3ccccc3)CC2)nc1. The summed E-state index contributed by atoms with van der Waals surface area (Å²) in [7, 11) is 0. The third kappa shape index (κ3) is 6.69. The molecule has 0 atom stereocenters. The van der Waals surface area contributed by atoms with Gasteiger partial charge in [0.05, 0.1) is 12.2 Å². The minimum absolute atomic E-state index is 0.0116. The first kappa shape index (κ1) is 23.1. The van der Waals surface area contributed by atoms with E-state index < -0.39 is 0 Å². The molecule has 1 fully saturated rings. The van der Waals surface area contributed by atoms with Crippen molar-refractivity contribution in [2.45, 2.75) is 19.8 Å². The quantitative estimate of drug-likeness (QED) is 0.643. The molecule has 0 radical (unpaired) electrons. The summed E-state index contributed by atoms with van der Waals surface area (Å²) in [5.41, 5.74) is 1.12. The Hall–Kier alpha value is -3.62. The van der Waals surface area contributed by atoms with Gasteiger partial charge in [-0.05, 0) is 37.6 Å². The molecule has 1 aromatic heterocycles. The highest BCUT2D eigenvalue weighted by atomic mass is 16.5. The number of carbonyl (C=O) groups excluding carboxylic acids is 3. The number of amides is 3. The number of anilines is 2. The molecule has 2 N–H and O–H groups in total. The Morgan fingerprint density at radius 3 is 2.56 bits per heavy atom. The van der Waals surface area contributed by atoms with E-state index in [0.717, 1.165) is 18.8 Å². The number of urea groups is 1. The summed E-state index contributed by atoms with van der Waals surface area (Å²) in [4.78, 5) is 44.6. The maximum Gasteiger partial charge on any atom is 0.339 e. The first-order chi connectivity index (χ1) is 15.6. The van der Waals surface area contributed by atoms with Gasteiger partial charge in [-0.15, -0.1) is 0 Å². The van der Waals surface area contributed by atoms with Gasteiger partial charge in [0.25, 0.3) is 0 Å². The Balaban J connectivity index is 1.42. The minimum atomic E-state index is -0.384. The number of aromatic nitrogens is 1. The van der Waals surface area contributed by atoms with Crippen LogP contribution in [0.3, 0.4) is 0 Å². The van der Waals surface area contributed by atoms with Crippen LogP contribution in [0.5, 0.6) is 0 Å². The fourth-order valence-corrected chi connectivity index (χ4v) is 3.44. The van der Waals surface area contributed by atoms with E-state index in [1.807, 2.05) is 23.1 Å². The number of ether oxygens (including phenoxy) is 1.